The maximum absolute atomic E-state index is 13.6. The molecule has 56 heteroatoms. The van der Waals surface area contributed by atoms with Gasteiger partial charge in [-0.3, -0.25) is 42.4 Å². The van der Waals surface area contributed by atoms with Crippen LogP contribution in [-0.4, -0.2) is 206 Å². The summed E-state index contributed by atoms with van der Waals surface area (Å²) < 4.78 is 101. The Morgan fingerprint density at radius 2 is 0.846 bits per heavy atom. The smallest absolute Gasteiger partial charge is 0.351 e. The molecule has 14 rings (SSSR count). The van der Waals surface area contributed by atoms with Crippen LogP contribution in [0.5, 0.6) is 0 Å². The minimum atomic E-state index is -4.60. The van der Waals surface area contributed by atoms with Crippen LogP contribution >= 0.6 is 33.6 Å². The van der Waals surface area contributed by atoms with Crippen LogP contribution in [0.2, 0.25) is 0 Å². The van der Waals surface area contributed by atoms with Crippen molar-refractivity contribution in [2.75, 3.05) is 61.7 Å². The highest BCUT2D eigenvalue weighted by Crippen LogP contribution is 2.58. The number of nitrogens with one attached hydrogen (secondary N) is 2. The summed E-state index contributed by atoms with van der Waals surface area (Å²) in [7, 11) is 0. The van der Waals surface area contributed by atoms with Crippen molar-refractivity contribution >= 4 is 167 Å². The summed E-state index contributed by atoms with van der Waals surface area (Å²) in [6.45, 7) is -15.1. The SMILES string of the molecule is CCCCCCOP(O)(=S)OC1[C@@H](COP(O)(=S)OC2[C@@H](COP(O)(=S)OC3C[C@H](n4cc(C)c(N)nc4=O)O[C@@H]3COP(O)(=S)OC3C[C@H](n4cnc5c(=O)[nH]c(N)nc54)O[C@@H]3COP(O)(=S)OC3C[C@H](n4cnc5c(=O)[nH]c(N)nc54)O[C@@H]3CCCC)O[C@@H](n3cnc4c(N)ncnc43)[C@H]2C)O[C@@H](n2cnc3c(N)ncnc32)[C@H]1C. The minimum Gasteiger partial charge on any atom is -0.383 e. The van der Waals surface area contributed by atoms with Crippen molar-refractivity contribution in [2.24, 2.45) is 11.8 Å². The van der Waals surface area contributed by atoms with E-state index >= 15 is 0 Å². The van der Waals surface area contributed by atoms with Crippen molar-refractivity contribution in [1.82, 2.24) is 87.6 Å². The second-order valence-corrected chi connectivity index (χ2v) is 42.2. The predicted molar refractivity (Wildman–Crippen MR) is 434 cm³/mol. The van der Waals surface area contributed by atoms with Gasteiger partial charge in [0.05, 0.1) is 82.8 Å². The van der Waals surface area contributed by atoms with Gasteiger partial charge in [0, 0.05) is 42.9 Å². The molecule has 14 heterocycles. The number of anilines is 5. The highest BCUT2D eigenvalue weighted by atomic mass is 32.5. The summed E-state index contributed by atoms with van der Waals surface area (Å²) in [4.78, 5) is 151. The molecule has 17 N–H and O–H groups in total. The third kappa shape index (κ3) is 19.8. The molecule has 9 aromatic heterocycles. The van der Waals surface area contributed by atoms with Gasteiger partial charge in [-0.05, 0) is 78.8 Å². The number of hydrogen-bond donors (Lipinski definition) is 12. The fourth-order valence-corrected chi connectivity index (χ4v) is 22.0. The summed E-state index contributed by atoms with van der Waals surface area (Å²) in [5, 5.41) is 0. The minimum absolute atomic E-state index is 0.00515. The van der Waals surface area contributed by atoms with Gasteiger partial charge in [0.1, 0.15) is 97.3 Å². The molecule has 0 radical (unpaired) electrons. The predicted octanol–water partition coefficient (Wildman–Crippen LogP) is 4.20. The highest BCUT2D eigenvalue weighted by Gasteiger charge is 2.52. The van der Waals surface area contributed by atoms with Crippen LogP contribution < -0.4 is 45.5 Å². The quantitative estimate of drug-likeness (QED) is 0.0193. The van der Waals surface area contributed by atoms with E-state index in [-0.39, 0.29) is 88.7 Å². The Morgan fingerprint density at radius 3 is 1.30 bits per heavy atom. The number of ether oxygens (including phenoxy) is 5. The van der Waals surface area contributed by atoms with Gasteiger partial charge in [-0.15, -0.1) is 0 Å². The van der Waals surface area contributed by atoms with Gasteiger partial charge in [-0.1, -0.05) is 59.8 Å². The number of nitrogen functional groups attached to an aromatic ring is 5. The van der Waals surface area contributed by atoms with E-state index in [4.69, 9.17) is 157 Å². The Bertz CT molecular complexity index is 5580. The number of aromatic nitrogens is 18. The molecule has 0 bridgehead atoms. The standard InChI is InChI=1S/C61H86N23O23P5S5/c1-6-8-10-11-13-93-108(88,113)106-46-29(4)57(83-26-71-42-49(63)67-22-69-51(42)83)102-38(46)21-97-112(92,117)107-47-30(5)58(84-27-72-43-50(64)68-23-70-52(43)84)101-37(47)20-96-111(91,116)104-33-15-39(80-17-28(3)48(62)75-61(80)87)99-35(33)18-95-110(90,115)105-34-16-41(82-25-74-45-54(82)77-60(66)79-56(45)86)100-36(34)19-94-109(89,114)103-32-14-40(98-31(32)12-9-7-2)81-24-73-44-53(81)76-59(65)78-55(44)85/h17,22-27,29-41,46-47,57-58H,6-16,18-21H2,1-5H3,(H,88,113)(H,89,114)(H,90,115)(H,91,116)(H,92,117)(H2,62,75,87)(H2,63,67,69)(H2,64,68,70)(H3,65,76,78,85)(H3,66,77,79,86)/t29-,30-,31+,32?,33?,34?,35+,36+,37+,38+,39+,40+,41+,46?,47?,57+,58+,108?,109?,110?,111?,112?/m0/s1. The molecule has 0 spiro atoms. The van der Waals surface area contributed by atoms with Crippen molar-refractivity contribution in [3.63, 3.8) is 0 Å². The first-order valence-electron chi connectivity index (χ1n) is 36.8. The summed E-state index contributed by atoms with van der Waals surface area (Å²) in [5.41, 5.74) is 29.8. The first-order valence-corrected chi connectivity index (χ1v) is 49.7. The van der Waals surface area contributed by atoms with E-state index in [1.54, 1.807) is 29.9 Å². The number of fused-ring (bicyclic) bond motifs is 4. The zero-order valence-corrected chi connectivity index (χ0v) is 71.4. The molecule has 22 atom stereocenters. The number of nitrogens with two attached hydrogens (primary N) is 5. The molecule has 0 amide bonds. The molecular weight excluding hydrogens is 1740 g/mol. The molecule has 46 nitrogen and oxygen atoms in total. The highest BCUT2D eigenvalue weighted by molar-refractivity contribution is 8.08. The number of aromatic amines is 2. The first-order chi connectivity index (χ1) is 55.5. The number of unbranched alkanes of at least 4 members (excludes halogenated alkanes) is 4. The molecule has 117 heavy (non-hydrogen) atoms. The third-order valence-electron chi connectivity index (χ3n) is 20.2. The van der Waals surface area contributed by atoms with Gasteiger partial charge in [-0.2, -0.15) is 15.0 Å². The van der Waals surface area contributed by atoms with Gasteiger partial charge in [0.15, 0.2) is 45.3 Å². The molecule has 5 aliphatic rings. The normalized spacial score (nSPS) is 28.9. The molecule has 9 aromatic rings. The summed E-state index contributed by atoms with van der Waals surface area (Å²) in [5.74, 6) is -1.73. The first kappa shape index (κ1) is 87.5. The lowest BCUT2D eigenvalue weighted by atomic mass is 10.0. The van der Waals surface area contributed by atoms with Gasteiger partial charge < -0.3 is 122 Å². The van der Waals surface area contributed by atoms with Crippen molar-refractivity contribution < 1.29 is 93.4 Å². The molecule has 5 fully saturated rings. The Labute approximate surface area is 689 Å². The molecular formula is C61H86N23O23P5S5. The number of nitrogens with zero attached hydrogens (tertiary/aromatic N) is 16. The molecule has 5 aliphatic heterocycles. The lowest BCUT2D eigenvalue weighted by Gasteiger charge is -2.29. The van der Waals surface area contributed by atoms with E-state index in [1.807, 2.05) is 6.92 Å². The van der Waals surface area contributed by atoms with Crippen molar-refractivity contribution in [3.05, 3.63) is 80.9 Å². The van der Waals surface area contributed by atoms with Crippen LogP contribution in [0.4, 0.5) is 29.4 Å². The molecule has 5 saturated heterocycles. The topological polar surface area (TPSA) is 619 Å². The Hall–Kier alpha value is -5.87. The summed E-state index contributed by atoms with van der Waals surface area (Å²) in [6.07, 6.45) is -2.37. The van der Waals surface area contributed by atoms with Gasteiger partial charge in [0.2, 0.25) is 11.9 Å². The van der Waals surface area contributed by atoms with Gasteiger partial charge in [0.25, 0.3) is 11.1 Å². The van der Waals surface area contributed by atoms with Crippen LogP contribution in [0.15, 0.2) is 58.5 Å². The molecule has 0 aliphatic carbocycles. The van der Waals surface area contributed by atoms with Crippen LogP contribution in [-0.2, 0) is 128 Å². The number of aryl methyl sites for hydroxylation is 1. The monoisotopic (exact) mass is 1820 g/mol. The molecule has 10 unspecified atom stereocenters. The molecule has 638 valence electrons. The van der Waals surface area contributed by atoms with Crippen LogP contribution in [0.3, 0.4) is 0 Å². The number of H-pyrrole nitrogens is 2. The van der Waals surface area contributed by atoms with Gasteiger partial charge in [-0.25, -0.2) is 44.7 Å². The average molecular weight is 1820 g/mol. The molecule has 0 aromatic carbocycles. The zero-order valence-electron chi connectivity index (χ0n) is 62.9. The van der Waals surface area contributed by atoms with Gasteiger partial charge >= 0.3 is 39.3 Å². The van der Waals surface area contributed by atoms with E-state index in [0.717, 1.165) is 30.3 Å². The van der Waals surface area contributed by atoms with E-state index in [2.05, 4.69) is 71.7 Å². The van der Waals surface area contributed by atoms with Crippen molar-refractivity contribution in [1.29, 1.82) is 0 Å². The largest absolute Gasteiger partial charge is 0.383 e. The second kappa shape index (κ2) is 35.9. The van der Waals surface area contributed by atoms with E-state index in [0.29, 0.717) is 36.0 Å². The van der Waals surface area contributed by atoms with E-state index < -0.39 is 181 Å². The number of imidazole rings is 4. The zero-order chi connectivity index (χ0) is 83.4. The second-order valence-electron chi connectivity index (χ2n) is 28.3. The van der Waals surface area contributed by atoms with Crippen LogP contribution in [0.25, 0.3) is 44.7 Å². The van der Waals surface area contributed by atoms with Crippen molar-refractivity contribution in [2.45, 2.75) is 191 Å². The third-order valence-corrected chi connectivity index (χ3v) is 28.1. The lowest BCUT2D eigenvalue weighted by molar-refractivity contribution is -0.0559. The summed E-state index contributed by atoms with van der Waals surface area (Å²) >= 11 is 28.4. The maximum atomic E-state index is 13.6. The Balaban J connectivity index is 0.685. The van der Waals surface area contributed by atoms with E-state index in [1.165, 1.54) is 53.3 Å². The Morgan fingerprint density at radius 1 is 0.453 bits per heavy atom. The van der Waals surface area contributed by atoms with Crippen molar-refractivity contribution in [3.8, 4) is 0 Å². The van der Waals surface area contributed by atoms with Crippen LogP contribution in [0, 0.1) is 18.8 Å². The number of rotatable bonds is 36. The maximum Gasteiger partial charge on any atom is 0.351 e. The fraction of sp³-hybridized carbons (Fsp3) is 0.607. The van der Waals surface area contributed by atoms with E-state index in [9.17, 15) is 38.9 Å². The summed E-state index contributed by atoms with van der Waals surface area (Å²) in [6, 6.07) is 0. The fourth-order valence-electron chi connectivity index (χ4n) is 14.5. The lowest BCUT2D eigenvalue weighted by Crippen LogP contribution is -2.34. The van der Waals surface area contributed by atoms with Crippen LogP contribution in [0.1, 0.15) is 129 Å². The molecule has 0 saturated carbocycles. The number of hydrogen-bond acceptors (Lipinski definition) is 39. The average Bonchev–Trinajstić information content (AvgIpc) is 1.63. The Kier molecular flexibility index (Phi) is 26.8.